The zero-order chi connectivity index (χ0) is 11.7. The van der Waals surface area contributed by atoms with Gasteiger partial charge in [0.25, 0.3) is 0 Å². The molecule has 4 nitrogen and oxygen atoms in total. The van der Waals surface area contributed by atoms with Crippen LogP contribution in [0.1, 0.15) is 17.3 Å². The molecule has 2 rings (SSSR count). The van der Waals surface area contributed by atoms with E-state index in [2.05, 4.69) is 26.2 Å². The van der Waals surface area contributed by atoms with E-state index in [1.165, 1.54) is 12.1 Å². The molecular formula is C10H10BrFN4. The predicted octanol–water partition coefficient (Wildman–Crippen LogP) is 1.76. The predicted molar refractivity (Wildman–Crippen MR) is 61.1 cm³/mol. The van der Waals surface area contributed by atoms with E-state index in [1.54, 1.807) is 23.9 Å². The normalized spacial score (nSPS) is 12.8. The van der Waals surface area contributed by atoms with E-state index in [1.807, 2.05) is 0 Å². The minimum Gasteiger partial charge on any atom is -0.319 e. The van der Waals surface area contributed by atoms with Gasteiger partial charge in [-0.25, -0.2) is 9.07 Å². The molecule has 6 heteroatoms. The maximum atomic E-state index is 13.1. The van der Waals surface area contributed by atoms with Gasteiger partial charge in [-0.2, -0.15) is 0 Å². The van der Waals surface area contributed by atoms with Gasteiger partial charge in [-0.15, -0.1) is 5.10 Å². The molecule has 0 bridgehead atoms. The van der Waals surface area contributed by atoms with Gasteiger partial charge in [-0.05, 0) is 33.6 Å². The minimum atomic E-state index is -0.454. The molecule has 0 radical (unpaired) electrons. The summed E-state index contributed by atoms with van der Waals surface area (Å²) < 4.78 is 15.2. The Hall–Kier alpha value is -1.27. The zero-order valence-electron chi connectivity index (χ0n) is 8.56. The lowest BCUT2D eigenvalue weighted by atomic mass is 10.1. The summed E-state index contributed by atoms with van der Waals surface area (Å²) >= 11 is 3.27. The van der Waals surface area contributed by atoms with Crippen molar-refractivity contribution in [3.8, 4) is 0 Å². The van der Waals surface area contributed by atoms with Gasteiger partial charge in [0, 0.05) is 7.05 Å². The Morgan fingerprint density at radius 2 is 2.25 bits per heavy atom. The lowest BCUT2D eigenvalue weighted by Gasteiger charge is -2.12. The van der Waals surface area contributed by atoms with Crippen LogP contribution in [0, 0.1) is 5.82 Å². The highest BCUT2D eigenvalue weighted by atomic mass is 79.9. The summed E-state index contributed by atoms with van der Waals surface area (Å²) in [5.41, 5.74) is 7.43. The molecule has 1 aromatic heterocycles. The van der Waals surface area contributed by atoms with Gasteiger partial charge in [0.1, 0.15) is 5.82 Å². The molecule has 16 heavy (non-hydrogen) atoms. The third-order valence-corrected chi connectivity index (χ3v) is 2.89. The van der Waals surface area contributed by atoms with Gasteiger partial charge in [-0.1, -0.05) is 17.3 Å². The number of hydrogen-bond acceptors (Lipinski definition) is 3. The average Bonchev–Trinajstić information content (AvgIpc) is 2.58. The van der Waals surface area contributed by atoms with Crippen LogP contribution >= 0.6 is 15.9 Å². The Bertz CT molecular complexity index is 492. The number of rotatable bonds is 2. The van der Waals surface area contributed by atoms with Crippen LogP contribution in [0.25, 0.3) is 0 Å². The first-order valence-electron chi connectivity index (χ1n) is 4.65. The Morgan fingerprint density at radius 1 is 1.50 bits per heavy atom. The molecule has 0 amide bonds. The van der Waals surface area contributed by atoms with Crippen molar-refractivity contribution in [2.45, 2.75) is 6.04 Å². The number of hydrogen-bond donors (Lipinski definition) is 1. The lowest BCUT2D eigenvalue weighted by molar-refractivity contribution is 0.617. The molecule has 2 aromatic rings. The van der Waals surface area contributed by atoms with Crippen molar-refractivity contribution in [1.82, 2.24) is 15.0 Å². The number of aromatic nitrogens is 3. The van der Waals surface area contributed by atoms with Crippen molar-refractivity contribution in [3.63, 3.8) is 0 Å². The topological polar surface area (TPSA) is 56.7 Å². The van der Waals surface area contributed by atoms with Crippen LogP contribution < -0.4 is 5.73 Å². The monoisotopic (exact) mass is 284 g/mol. The largest absolute Gasteiger partial charge is 0.319 e. The molecule has 0 aliphatic rings. The van der Waals surface area contributed by atoms with Gasteiger partial charge >= 0.3 is 0 Å². The third-order valence-electron chi connectivity index (χ3n) is 2.33. The molecule has 0 saturated heterocycles. The Morgan fingerprint density at radius 3 is 2.81 bits per heavy atom. The van der Waals surface area contributed by atoms with Crippen LogP contribution in [0.5, 0.6) is 0 Å². The van der Waals surface area contributed by atoms with Crippen LogP contribution in [0.15, 0.2) is 28.9 Å². The maximum absolute atomic E-state index is 13.1. The van der Waals surface area contributed by atoms with E-state index in [4.69, 9.17) is 5.73 Å². The van der Waals surface area contributed by atoms with Gasteiger partial charge in [0.15, 0.2) is 4.60 Å². The second kappa shape index (κ2) is 4.31. The van der Waals surface area contributed by atoms with Crippen LogP contribution in [0.4, 0.5) is 4.39 Å². The van der Waals surface area contributed by atoms with Gasteiger partial charge in [0.05, 0.1) is 11.7 Å². The van der Waals surface area contributed by atoms with Gasteiger partial charge in [0.2, 0.25) is 0 Å². The van der Waals surface area contributed by atoms with E-state index < -0.39 is 6.04 Å². The van der Waals surface area contributed by atoms with Crippen LogP contribution in [0.2, 0.25) is 0 Å². The highest BCUT2D eigenvalue weighted by molar-refractivity contribution is 9.10. The van der Waals surface area contributed by atoms with Crippen molar-refractivity contribution in [2.24, 2.45) is 12.8 Å². The molecule has 1 heterocycles. The molecular weight excluding hydrogens is 275 g/mol. The zero-order valence-corrected chi connectivity index (χ0v) is 10.1. The summed E-state index contributed by atoms with van der Waals surface area (Å²) in [6, 6.07) is 5.73. The number of aryl methyl sites for hydroxylation is 1. The number of halogens is 2. The van der Waals surface area contributed by atoms with Crippen LogP contribution in [-0.2, 0) is 7.05 Å². The summed E-state index contributed by atoms with van der Waals surface area (Å²) in [5, 5.41) is 7.67. The fraction of sp³-hybridized carbons (Fsp3) is 0.200. The van der Waals surface area contributed by atoms with Crippen molar-refractivity contribution in [3.05, 3.63) is 45.9 Å². The van der Waals surface area contributed by atoms with Crippen molar-refractivity contribution < 1.29 is 4.39 Å². The fourth-order valence-corrected chi connectivity index (χ4v) is 2.10. The number of nitrogens with zero attached hydrogens (tertiary/aromatic N) is 3. The molecule has 0 saturated carbocycles. The number of benzene rings is 1. The highest BCUT2D eigenvalue weighted by Gasteiger charge is 2.18. The molecule has 1 aromatic carbocycles. The third kappa shape index (κ3) is 1.98. The fourth-order valence-electron chi connectivity index (χ4n) is 1.53. The summed E-state index contributed by atoms with van der Waals surface area (Å²) in [5.74, 6) is -0.306. The molecule has 84 valence electrons. The highest BCUT2D eigenvalue weighted by Crippen LogP contribution is 2.24. The summed E-state index contributed by atoms with van der Waals surface area (Å²) in [7, 11) is 1.74. The smallest absolute Gasteiger partial charge is 0.153 e. The molecule has 0 fully saturated rings. The Balaban J connectivity index is 2.43. The minimum absolute atomic E-state index is 0.306. The van der Waals surface area contributed by atoms with Crippen molar-refractivity contribution in [1.29, 1.82) is 0 Å². The number of nitrogens with two attached hydrogens (primary N) is 1. The standard InChI is InChI=1S/C10H10BrFN4/c1-16-9(10(11)14-15-16)8(13)6-3-2-4-7(12)5-6/h2-5,8H,13H2,1H3. The average molecular weight is 285 g/mol. The molecule has 0 aliphatic heterocycles. The van der Waals surface area contributed by atoms with E-state index >= 15 is 0 Å². The first-order valence-corrected chi connectivity index (χ1v) is 5.45. The van der Waals surface area contributed by atoms with Crippen molar-refractivity contribution >= 4 is 15.9 Å². The molecule has 0 aliphatic carbocycles. The second-order valence-corrected chi connectivity index (χ2v) is 4.17. The van der Waals surface area contributed by atoms with Gasteiger partial charge < -0.3 is 5.73 Å². The lowest BCUT2D eigenvalue weighted by Crippen LogP contribution is -2.16. The van der Waals surface area contributed by atoms with Crippen LogP contribution in [-0.4, -0.2) is 15.0 Å². The first kappa shape index (κ1) is 11.2. The maximum Gasteiger partial charge on any atom is 0.153 e. The molecule has 0 spiro atoms. The Kier molecular flexibility index (Phi) is 3.02. The Labute approximate surface area is 100 Å². The molecule has 1 atom stereocenters. The van der Waals surface area contributed by atoms with Gasteiger partial charge in [-0.3, -0.25) is 0 Å². The quantitative estimate of drug-likeness (QED) is 0.914. The second-order valence-electron chi connectivity index (χ2n) is 3.42. The van der Waals surface area contributed by atoms with E-state index in [0.717, 1.165) is 0 Å². The first-order chi connectivity index (χ1) is 7.59. The van der Waals surface area contributed by atoms with E-state index in [-0.39, 0.29) is 5.82 Å². The summed E-state index contributed by atoms with van der Waals surface area (Å²) in [4.78, 5) is 0. The molecule has 2 N–H and O–H groups in total. The van der Waals surface area contributed by atoms with E-state index in [0.29, 0.717) is 15.9 Å². The molecule has 1 unspecified atom stereocenters. The summed E-state index contributed by atoms with van der Waals surface area (Å²) in [6.45, 7) is 0. The van der Waals surface area contributed by atoms with Crippen LogP contribution in [0.3, 0.4) is 0 Å². The summed E-state index contributed by atoms with van der Waals surface area (Å²) in [6.07, 6.45) is 0. The van der Waals surface area contributed by atoms with Crippen molar-refractivity contribution in [2.75, 3.05) is 0 Å². The van der Waals surface area contributed by atoms with E-state index in [9.17, 15) is 4.39 Å². The SMILES string of the molecule is Cn1nnc(Br)c1C(N)c1cccc(F)c1.